The summed E-state index contributed by atoms with van der Waals surface area (Å²) in [6.45, 7) is 0. The molecular weight excluding hydrogens is 206 g/mol. The Labute approximate surface area is 72.2 Å². The van der Waals surface area contributed by atoms with Gasteiger partial charge in [-0.15, -0.1) is 0 Å². The van der Waals surface area contributed by atoms with Crippen LogP contribution >= 0.6 is 15.9 Å². The fourth-order valence-corrected chi connectivity index (χ4v) is 1.33. The second kappa shape index (κ2) is 2.30. The molecular formula is C7H6BrN3. The molecule has 2 aromatic rings. The third-order valence-electron chi connectivity index (χ3n) is 1.58. The van der Waals surface area contributed by atoms with Gasteiger partial charge in [-0.25, -0.2) is 9.97 Å². The SMILES string of the molecule is Cn1cnc2cnc(Br)cc21. The minimum absolute atomic E-state index is 0.841. The molecule has 4 heteroatoms. The van der Waals surface area contributed by atoms with Crippen LogP contribution in [-0.4, -0.2) is 14.5 Å². The van der Waals surface area contributed by atoms with Crippen molar-refractivity contribution in [3.8, 4) is 0 Å². The predicted octanol–water partition coefficient (Wildman–Crippen LogP) is 1.73. The molecule has 2 heterocycles. The molecule has 0 N–H and O–H groups in total. The van der Waals surface area contributed by atoms with Crippen molar-refractivity contribution < 1.29 is 0 Å². The molecule has 0 bridgehead atoms. The van der Waals surface area contributed by atoms with E-state index in [1.807, 2.05) is 17.7 Å². The van der Waals surface area contributed by atoms with E-state index in [4.69, 9.17) is 0 Å². The van der Waals surface area contributed by atoms with Crippen molar-refractivity contribution in [2.75, 3.05) is 0 Å². The van der Waals surface area contributed by atoms with Crippen molar-refractivity contribution in [2.45, 2.75) is 0 Å². The van der Waals surface area contributed by atoms with Gasteiger partial charge in [0.2, 0.25) is 0 Å². The Bertz CT molecular complexity index is 393. The van der Waals surface area contributed by atoms with Gasteiger partial charge in [-0.05, 0) is 22.0 Å². The van der Waals surface area contributed by atoms with E-state index < -0.39 is 0 Å². The average molecular weight is 212 g/mol. The van der Waals surface area contributed by atoms with Gasteiger partial charge < -0.3 is 4.57 Å². The molecule has 2 rings (SSSR count). The molecule has 0 unspecified atom stereocenters. The maximum atomic E-state index is 4.14. The van der Waals surface area contributed by atoms with E-state index >= 15 is 0 Å². The fraction of sp³-hybridized carbons (Fsp3) is 0.143. The molecule has 0 aromatic carbocycles. The molecule has 0 saturated carbocycles. The smallest absolute Gasteiger partial charge is 0.108 e. The number of nitrogens with zero attached hydrogens (tertiary/aromatic N) is 3. The molecule has 0 aliphatic rings. The molecule has 0 amide bonds. The van der Waals surface area contributed by atoms with E-state index in [0.717, 1.165) is 15.6 Å². The summed E-state index contributed by atoms with van der Waals surface area (Å²) in [6, 6.07) is 1.95. The van der Waals surface area contributed by atoms with Crippen LogP contribution in [0.3, 0.4) is 0 Å². The highest BCUT2D eigenvalue weighted by molar-refractivity contribution is 9.10. The Hall–Kier alpha value is -0.900. The lowest BCUT2D eigenvalue weighted by molar-refractivity contribution is 0.947. The van der Waals surface area contributed by atoms with E-state index in [1.165, 1.54) is 0 Å². The minimum atomic E-state index is 0.841. The Morgan fingerprint density at radius 1 is 1.45 bits per heavy atom. The Morgan fingerprint density at radius 3 is 3.09 bits per heavy atom. The lowest BCUT2D eigenvalue weighted by atomic mass is 10.4. The standard InChI is InChI=1S/C7H6BrN3/c1-11-4-10-5-3-9-7(8)2-6(5)11/h2-4H,1H3. The molecule has 11 heavy (non-hydrogen) atoms. The van der Waals surface area contributed by atoms with Crippen LogP contribution in [-0.2, 0) is 7.05 Å². The van der Waals surface area contributed by atoms with Crippen molar-refractivity contribution in [1.82, 2.24) is 14.5 Å². The molecule has 3 nitrogen and oxygen atoms in total. The van der Waals surface area contributed by atoms with Gasteiger partial charge in [0, 0.05) is 7.05 Å². The van der Waals surface area contributed by atoms with Crippen molar-refractivity contribution in [3.05, 3.63) is 23.2 Å². The molecule has 0 radical (unpaired) electrons. The topological polar surface area (TPSA) is 30.7 Å². The fourth-order valence-electron chi connectivity index (χ4n) is 1.01. The minimum Gasteiger partial charge on any atom is -0.334 e. The molecule has 0 aliphatic carbocycles. The van der Waals surface area contributed by atoms with Gasteiger partial charge in [0.05, 0.1) is 18.0 Å². The molecule has 0 saturated heterocycles. The zero-order valence-electron chi connectivity index (χ0n) is 5.95. The van der Waals surface area contributed by atoms with E-state index in [-0.39, 0.29) is 0 Å². The molecule has 0 fully saturated rings. The highest BCUT2D eigenvalue weighted by atomic mass is 79.9. The lowest BCUT2D eigenvalue weighted by Crippen LogP contribution is -1.84. The van der Waals surface area contributed by atoms with Crippen LogP contribution in [0.2, 0.25) is 0 Å². The van der Waals surface area contributed by atoms with E-state index in [1.54, 1.807) is 12.5 Å². The second-order valence-electron chi connectivity index (χ2n) is 2.35. The van der Waals surface area contributed by atoms with E-state index in [9.17, 15) is 0 Å². The Balaban J connectivity index is 2.87. The van der Waals surface area contributed by atoms with Gasteiger partial charge >= 0.3 is 0 Å². The summed E-state index contributed by atoms with van der Waals surface area (Å²) < 4.78 is 2.80. The first-order chi connectivity index (χ1) is 5.27. The number of pyridine rings is 1. The van der Waals surface area contributed by atoms with Crippen LogP contribution in [0, 0.1) is 0 Å². The van der Waals surface area contributed by atoms with Crippen LogP contribution in [0.5, 0.6) is 0 Å². The highest BCUT2D eigenvalue weighted by Crippen LogP contribution is 2.14. The van der Waals surface area contributed by atoms with E-state index in [0.29, 0.717) is 0 Å². The van der Waals surface area contributed by atoms with Crippen LogP contribution in [0.4, 0.5) is 0 Å². The maximum absolute atomic E-state index is 4.14. The predicted molar refractivity (Wildman–Crippen MR) is 46.2 cm³/mol. The number of halogens is 1. The van der Waals surface area contributed by atoms with Crippen molar-refractivity contribution in [2.24, 2.45) is 7.05 Å². The first-order valence-corrected chi connectivity index (χ1v) is 3.99. The Kier molecular flexibility index (Phi) is 1.42. The van der Waals surface area contributed by atoms with Gasteiger partial charge in [-0.3, -0.25) is 0 Å². The highest BCUT2D eigenvalue weighted by Gasteiger charge is 1.98. The first kappa shape index (κ1) is 6.79. The maximum Gasteiger partial charge on any atom is 0.108 e. The van der Waals surface area contributed by atoms with Gasteiger partial charge in [0.15, 0.2) is 0 Å². The molecule has 56 valence electrons. The number of hydrogen-bond acceptors (Lipinski definition) is 2. The summed E-state index contributed by atoms with van der Waals surface area (Å²) in [6.07, 6.45) is 3.53. The first-order valence-electron chi connectivity index (χ1n) is 3.20. The average Bonchev–Trinajstić information content (AvgIpc) is 2.33. The quantitative estimate of drug-likeness (QED) is 0.622. The number of fused-ring (bicyclic) bond motifs is 1. The van der Waals surface area contributed by atoms with E-state index in [2.05, 4.69) is 25.9 Å². The summed E-state index contributed by atoms with van der Waals surface area (Å²) in [5, 5.41) is 0. The van der Waals surface area contributed by atoms with Crippen molar-refractivity contribution >= 4 is 27.0 Å². The zero-order valence-corrected chi connectivity index (χ0v) is 7.54. The Morgan fingerprint density at radius 2 is 2.27 bits per heavy atom. The summed E-state index contributed by atoms with van der Waals surface area (Å²) in [5.41, 5.74) is 2.02. The van der Waals surface area contributed by atoms with Crippen LogP contribution < -0.4 is 0 Å². The molecule has 0 aliphatic heterocycles. The van der Waals surface area contributed by atoms with Crippen LogP contribution in [0.1, 0.15) is 0 Å². The summed E-state index contributed by atoms with van der Waals surface area (Å²) in [4.78, 5) is 8.20. The number of aryl methyl sites for hydroxylation is 1. The molecule has 2 aromatic heterocycles. The monoisotopic (exact) mass is 211 g/mol. The van der Waals surface area contributed by atoms with Gasteiger partial charge in [-0.2, -0.15) is 0 Å². The van der Waals surface area contributed by atoms with Gasteiger partial charge in [0.1, 0.15) is 10.1 Å². The number of imidazole rings is 1. The largest absolute Gasteiger partial charge is 0.334 e. The second-order valence-corrected chi connectivity index (χ2v) is 3.16. The zero-order chi connectivity index (χ0) is 7.84. The third kappa shape index (κ3) is 1.03. The summed E-state index contributed by atoms with van der Waals surface area (Å²) in [7, 11) is 1.96. The third-order valence-corrected chi connectivity index (χ3v) is 2.01. The van der Waals surface area contributed by atoms with Gasteiger partial charge in [-0.1, -0.05) is 0 Å². The summed E-state index contributed by atoms with van der Waals surface area (Å²) in [5.74, 6) is 0. The normalized spacial score (nSPS) is 10.7. The molecule has 0 spiro atoms. The van der Waals surface area contributed by atoms with Crippen LogP contribution in [0.25, 0.3) is 11.0 Å². The van der Waals surface area contributed by atoms with Crippen LogP contribution in [0.15, 0.2) is 23.2 Å². The lowest BCUT2D eigenvalue weighted by Gasteiger charge is -1.92. The summed E-state index contributed by atoms with van der Waals surface area (Å²) >= 11 is 3.30. The number of rotatable bonds is 0. The van der Waals surface area contributed by atoms with Crippen molar-refractivity contribution in [3.63, 3.8) is 0 Å². The number of aromatic nitrogens is 3. The van der Waals surface area contributed by atoms with Crippen molar-refractivity contribution in [1.29, 1.82) is 0 Å². The van der Waals surface area contributed by atoms with Gasteiger partial charge in [0.25, 0.3) is 0 Å². The number of hydrogen-bond donors (Lipinski definition) is 0. The molecule has 0 atom stereocenters.